The number of benzene rings is 2. The number of rotatable bonds is 6. The maximum atomic E-state index is 11.6. The van der Waals surface area contributed by atoms with Gasteiger partial charge in [0.25, 0.3) is 0 Å². The highest BCUT2D eigenvalue weighted by Gasteiger charge is 2.31. The van der Waals surface area contributed by atoms with Crippen LogP contribution in [0.1, 0.15) is 37.5 Å². The molecule has 0 unspecified atom stereocenters. The Morgan fingerprint density at radius 3 is 1.89 bits per heavy atom. The highest BCUT2D eigenvalue weighted by Crippen LogP contribution is 2.26. The van der Waals surface area contributed by atoms with E-state index in [-0.39, 0.29) is 6.42 Å². The number of aromatic nitrogens is 1. The minimum absolute atomic E-state index is 0.264. The Bertz CT molecular complexity index is 984. The Morgan fingerprint density at radius 1 is 0.815 bits per heavy atom. The van der Waals surface area contributed by atoms with Crippen molar-refractivity contribution in [2.45, 2.75) is 13.0 Å². The second kappa shape index (κ2) is 7.70. The summed E-state index contributed by atoms with van der Waals surface area (Å²) in [5.41, 5.74) is 1.06. The minimum Gasteiger partial charge on any atom is -0.502 e. The minimum atomic E-state index is -1.48. The number of nitrogens with zero attached hydrogens (tertiary/aromatic N) is 1. The lowest BCUT2D eigenvalue weighted by Crippen LogP contribution is -2.41. The van der Waals surface area contributed by atoms with E-state index in [2.05, 4.69) is 0 Å². The first kappa shape index (κ1) is 18.1. The number of carboxylic acid groups (broad SMARTS) is 2. The van der Waals surface area contributed by atoms with Gasteiger partial charge in [-0.15, -0.1) is 0 Å². The molecule has 3 aromatic rings. The van der Waals surface area contributed by atoms with Gasteiger partial charge in [0.2, 0.25) is 5.69 Å². The molecular formula is C21H18NO5+. The van der Waals surface area contributed by atoms with E-state index in [0.29, 0.717) is 12.2 Å². The molecule has 0 atom stereocenters. The summed E-state index contributed by atoms with van der Waals surface area (Å²) in [6, 6.07) is 18.6. The van der Waals surface area contributed by atoms with E-state index in [1.54, 1.807) is 4.57 Å². The molecule has 0 aliphatic carbocycles. The van der Waals surface area contributed by atoms with Gasteiger partial charge in [-0.1, -0.05) is 60.7 Å². The molecule has 0 aliphatic rings. The topological polar surface area (TPSA) is 98.7 Å². The molecule has 6 heteroatoms. The number of carbonyl (C=O) groups is 2. The molecule has 0 spiro atoms. The summed E-state index contributed by atoms with van der Waals surface area (Å²) in [6.07, 6.45) is 1.54. The van der Waals surface area contributed by atoms with E-state index >= 15 is 0 Å². The highest BCUT2D eigenvalue weighted by atomic mass is 16.4. The van der Waals surface area contributed by atoms with Gasteiger partial charge in [0.15, 0.2) is 18.5 Å². The maximum Gasteiger partial charge on any atom is 0.342 e. The van der Waals surface area contributed by atoms with Crippen LogP contribution in [0.5, 0.6) is 5.75 Å². The Morgan fingerprint density at radius 2 is 1.37 bits per heavy atom. The Labute approximate surface area is 155 Å². The van der Waals surface area contributed by atoms with E-state index < -0.39 is 28.8 Å². The predicted molar refractivity (Wildman–Crippen MR) is 97.0 cm³/mol. The fraction of sp³-hybridized carbons (Fsp3) is 0.0952. The van der Waals surface area contributed by atoms with E-state index in [0.717, 1.165) is 11.1 Å². The van der Waals surface area contributed by atoms with Crippen molar-refractivity contribution >= 4 is 11.9 Å². The molecule has 6 nitrogen and oxygen atoms in total. The van der Waals surface area contributed by atoms with Crippen molar-refractivity contribution < 1.29 is 29.5 Å². The van der Waals surface area contributed by atoms with Crippen LogP contribution in [0.2, 0.25) is 0 Å². The first-order valence-electron chi connectivity index (χ1n) is 8.30. The summed E-state index contributed by atoms with van der Waals surface area (Å²) in [6.45, 7) is 0.302. The molecule has 27 heavy (non-hydrogen) atoms. The molecule has 0 saturated heterocycles. The van der Waals surface area contributed by atoms with Crippen molar-refractivity contribution in [3.05, 3.63) is 94.8 Å². The predicted octanol–water partition coefficient (Wildman–Crippen LogP) is 2.72. The molecule has 3 N–H and O–H groups in total. The third kappa shape index (κ3) is 3.95. The van der Waals surface area contributed by atoms with Crippen molar-refractivity contribution in [3.63, 3.8) is 0 Å². The van der Waals surface area contributed by atoms with Crippen LogP contribution in [0.4, 0.5) is 0 Å². The fourth-order valence-corrected chi connectivity index (χ4v) is 2.98. The normalized spacial score (nSPS) is 10.5. The molecule has 3 rings (SSSR count). The second-order valence-electron chi connectivity index (χ2n) is 6.10. The average molecular weight is 364 g/mol. The highest BCUT2D eigenvalue weighted by molar-refractivity contribution is 6.03. The van der Waals surface area contributed by atoms with Crippen molar-refractivity contribution in [3.8, 4) is 5.75 Å². The van der Waals surface area contributed by atoms with Gasteiger partial charge in [-0.05, 0) is 5.56 Å². The molecule has 0 saturated carbocycles. The van der Waals surface area contributed by atoms with Gasteiger partial charge in [0, 0.05) is 5.56 Å². The molecule has 1 heterocycles. The number of aromatic hydroxyl groups is 1. The summed E-state index contributed by atoms with van der Waals surface area (Å²) >= 11 is 0. The summed E-state index contributed by atoms with van der Waals surface area (Å²) in [4.78, 5) is 23.2. The molecule has 0 fully saturated rings. The van der Waals surface area contributed by atoms with E-state index in [1.165, 1.54) is 6.20 Å². The first-order valence-corrected chi connectivity index (χ1v) is 8.30. The summed E-state index contributed by atoms with van der Waals surface area (Å²) in [7, 11) is 0. The second-order valence-corrected chi connectivity index (χ2v) is 6.10. The van der Waals surface area contributed by atoms with Crippen LogP contribution in [-0.2, 0) is 13.0 Å². The summed E-state index contributed by atoms with van der Waals surface area (Å²) in [5.74, 6) is -3.41. The quantitative estimate of drug-likeness (QED) is 0.584. The number of carboxylic acids is 2. The van der Waals surface area contributed by atoms with Crippen molar-refractivity contribution in [1.29, 1.82) is 0 Å². The molecule has 0 aliphatic heterocycles. The third-order valence-corrected chi connectivity index (χ3v) is 4.27. The number of aromatic carboxylic acids is 2. The van der Waals surface area contributed by atoms with Gasteiger partial charge >= 0.3 is 11.9 Å². The van der Waals surface area contributed by atoms with Crippen LogP contribution in [0, 0.1) is 0 Å². The lowest BCUT2D eigenvalue weighted by molar-refractivity contribution is -0.695. The van der Waals surface area contributed by atoms with E-state index in [1.807, 2.05) is 60.7 Å². The summed E-state index contributed by atoms with van der Waals surface area (Å²) < 4.78 is 1.59. The van der Waals surface area contributed by atoms with Gasteiger partial charge in [0.1, 0.15) is 11.1 Å². The van der Waals surface area contributed by atoms with Crippen molar-refractivity contribution in [2.75, 3.05) is 0 Å². The number of hydrogen-bond donors (Lipinski definition) is 3. The van der Waals surface area contributed by atoms with Crippen LogP contribution in [-0.4, -0.2) is 27.3 Å². The molecule has 1 aromatic heterocycles. The van der Waals surface area contributed by atoms with Crippen LogP contribution >= 0.6 is 0 Å². The van der Waals surface area contributed by atoms with Gasteiger partial charge in [-0.2, -0.15) is 4.57 Å². The largest absolute Gasteiger partial charge is 0.502 e. The van der Waals surface area contributed by atoms with Crippen LogP contribution in [0.3, 0.4) is 0 Å². The molecule has 0 bridgehead atoms. The number of hydrogen-bond acceptors (Lipinski definition) is 3. The molecular weight excluding hydrogens is 346 g/mol. The van der Waals surface area contributed by atoms with Crippen LogP contribution in [0.15, 0.2) is 66.9 Å². The molecule has 0 radical (unpaired) electrons. The van der Waals surface area contributed by atoms with Crippen molar-refractivity contribution in [1.82, 2.24) is 0 Å². The van der Waals surface area contributed by atoms with Gasteiger partial charge in [-0.25, -0.2) is 9.59 Å². The van der Waals surface area contributed by atoms with Crippen molar-refractivity contribution in [2.24, 2.45) is 0 Å². The van der Waals surface area contributed by atoms with Gasteiger partial charge in [0.05, 0.1) is 6.42 Å². The lowest BCUT2D eigenvalue weighted by Gasteiger charge is -2.11. The lowest BCUT2D eigenvalue weighted by atomic mass is 10.0. The smallest absolute Gasteiger partial charge is 0.342 e. The van der Waals surface area contributed by atoms with Crippen LogP contribution < -0.4 is 4.57 Å². The van der Waals surface area contributed by atoms with Gasteiger partial charge in [-0.3, -0.25) is 0 Å². The van der Waals surface area contributed by atoms with Crippen LogP contribution in [0.25, 0.3) is 0 Å². The molecule has 0 amide bonds. The van der Waals surface area contributed by atoms with E-state index in [9.17, 15) is 24.9 Å². The molecule has 2 aromatic carbocycles. The fourth-order valence-electron chi connectivity index (χ4n) is 2.98. The third-order valence-electron chi connectivity index (χ3n) is 4.27. The standard InChI is InChI=1S/C21H17NO5/c23-19-17(11-14-7-3-1-4-8-14)22(12-15-9-5-2-6-10-15)13-16(20(24)25)18(19)21(26)27/h1-10,13H,11-12H2,(H2-,23,24,25,26,27)/p+1. The molecule has 136 valence electrons. The zero-order chi connectivity index (χ0) is 19.4. The SMILES string of the molecule is O=C(O)c1c[n+](Cc2ccccc2)c(Cc2ccccc2)c(O)c1C(=O)O. The Kier molecular flexibility index (Phi) is 5.17. The Hall–Kier alpha value is -3.67. The maximum absolute atomic E-state index is 11.6. The zero-order valence-corrected chi connectivity index (χ0v) is 14.4. The Balaban J connectivity index is 2.18. The number of pyridine rings is 1. The van der Waals surface area contributed by atoms with E-state index in [4.69, 9.17) is 0 Å². The monoisotopic (exact) mass is 364 g/mol. The van der Waals surface area contributed by atoms with Gasteiger partial charge < -0.3 is 15.3 Å². The first-order chi connectivity index (χ1) is 13.0. The summed E-state index contributed by atoms with van der Waals surface area (Å²) in [5, 5.41) is 29.5. The zero-order valence-electron chi connectivity index (χ0n) is 14.4. The average Bonchev–Trinajstić information content (AvgIpc) is 2.65.